The summed E-state index contributed by atoms with van der Waals surface area (Å²) in [5.41, 5.74) is 1.30. The number of hydrogen-bond acceptors (Lipinski definition) is 3. The molecule has 2 rings (SSSR count). The first-order valence-corrected chi connectivity index (χ1v) is 12.7. The van der Waals surface area contributed by atoms with Gasteiger partial charge in [0.2, 0.25) is 11.8 Å². The fourth-order valence-corrected chi connectivity index (χ4v) is 4.66. The molecule has 0 radical (unpaired) electrons. The van der Waals surface area contributed by atoms with Gasteiger partial charge in [-0.05, 0) is 57.0 Å². The van der Waals surface area contributed by atoms with Crippen LogP contribution in [0, 0.1) is 0 Å². The van der Waals surface area contributed by atoms with E-state index < -0.39 is 11.6 Å². The first-order valence-electron chi connectivity index (χ1n) is 10.4. The van der Waals surface area contributed by atoms with E-state index >= 15 is 0 Å². The van der Waals surface area contributed by atoms with E-state index in [2.05, 4.69) is 5.32 Å². The number of carbonyl (C=O) groups excluding carboxylic acids is 2. The van der Waals surface area contributed by atoms with E-state index in [1.807, 2.05) is 52.0 Å². The van der Waals surface area contributed by atoms with Gasteiger partial charge in [-0.15, -0.1) is 11.8 Å². The van der Waals surface area contributed by atoms with Gasteiger partial charge in [0.05, 0.1) is 5.75 Å². The first-order chi connectivity index (χ1) is 15.0. The molecule has 0 aliphatic carbocycles. The number of halogens is 3. The number of rotatable bonds is 9. The van der Waals surface area contributed by atoms with Gasteiger partial charge >= 0.3 is 0 Å². The van der Waals surface area contributed by atoms with Crippen LogP contribution < -0.4 is 5.32 Å². The zero-order valence-corrected chi connectivity index (χ0v) is 21.8. The van der Waals surface area contributed by atoms with Crippen molar-refractivity contribution in [3.63, 3.8) is 0 Å². The average Bonchev–Trinajstić information content (AvgIpc) is 2.70. The van der Waals surface area contributed by atoms with Crippen molar-refractivity contribution in [2.45, 2.75) is 58.0 Å². The number of carbonyl (C=O) groups is 2. The van der Waals surface area contributed by atoms with E-state index in [0.29, 0.717) is 32.8 Å². The molecular formula is C24H29Cl3N2O2S. The molecule has 1 atom stereocenters. The Morgan fingerprint density at radius 1 is 1.03 bits per heavy atom. The van der Waals surface area contributed by atoms with Crippen LogP contribution in [0.25, 0.3) is 0 Å². The molecule has 0 aliphatic rings. The van der Waals surface area contributed by atoms with Crippen LogP contribution in [-0.2, 0) is 21.9 Å². The van der Waals surface area contributed by atoms with Gasteiger partial charge in [0, 0.05) is 38.5 Å². The van der Waals surface area contributed by atoms with E-state index in [1.54, 1.807) is 23.1 Å². The number of benzene rings is 2. The van der Waals surface area contributed by atoms with Crippen molar-refractivity contribution >= 4 is 58.4 Å². The SMILES string of the molecule is CC[C@H](C(=O)NC(C)(C)C)N(Cc1c(Cl)cccc1Cl)C(=O)CSCc1ccc(Cl)cc1. The Bertz CT molecular complexity index is 910. The van der Waals surface area contributed by atoms with E-state index in [0.717, 1.165) is 5.56 Å². The van der Waals surface area contributed by atoms with Crippen LogP contribution in [0.4, 0.5) is 0 Å². The Hall–Kier alpha value is -1.40. The summed E-state index contributed by atoms with van der Waals surface area (Å²) < 4.78 is 0. The van der Waals surface area contributed by atoms with Crippen molar-refractivity contribution < 1.29 is 9.59 Å². The summed E-state index contributed by atoms with van der Waals surface area (Å²) in [5.74, 6) is 0.550. The Morgan fingerprint density at radius 3 is 2.16 bits per heavy atom. The summed E-state index contributed by atoms with van der Waals surface area (Å²) in [4.78, 5) is 27.9. The van der Waals surface area contributed by atoms with Crippen molar-refractivity contribution in [2.75, 3.05) is 5.75 Å². The molecule has 0 saturated carbocycles. The molecule has 174 valence electrons. The van der Waals surface area contributed by atoms with Crippen LogP contribution in [0.15, 0.2) is 42.5 Å². The fraction of sp³-hybridized carbons (Fsp3) is 0.417. The number of nitrogens with one attached hydrogen (secondary N) is 1. The number of nitrogens with zero attached hydrogens (tertiary/aromatic N) is 1. The van der Waals surface area contributed by atoms with Gasteiger partial charge in [-0.1, -0.05) is 59.9 Å². The van der Waals surface area contributed by atoms with Crippen LogP contribution in [-0.4, -0.2) is 34.0 Å². The quantitative estimate of drug-likeness (QED) is 0.409. The second kappa shape index (κ2) is 12.2. The molecular weight excluding hydrogens is 487 g/mol. The molecule has 0 unspecified atom stereocenters. The van der Waals surface area contributed by atoms with Gasteiger partial charge in [0.25, 0.3) is 0 Å². The molecule has 0 heterocycles. The summed E-state index contributed by atoms with van der Waals surface area (Å²) in [6.07, 6.45) is 0.470. The van der Waals surface area contributed by atoms with Gasteiger partial charge in [-0.25, -0.2) is 0 Å². The second-order valence-electron chi connectivity index (χ2n) is 8.50. The number of thioether (sulfide) groups is 1. The molecule has 0 aliphatic heterocycles. The molecule has 0 bridgehead atoms. The summed E-state index contributed by atoms with van der Waals surface area (Å²) >= 11 is 20.2. The maximum absolute atomic E-state index is 13.3. The molecule has 2 aromatic carbocycles. The third-order valence-electron chi connectivity index (χ3n) is 4.68. The van der Waals surface area contributed by atoms with Crippen LogP contribution in [0.1, 0.15) is 45.2 Å². The lowest BCUT2D eigenvalue weighted by atomic mass is 10.1. The molecule has 4 nitrogen and oxygen atoms in total. The molecule has 2 amide bonds. The molecule has 32 heavy (non-hydrogen) atoms. The Morgan fingerprint density at radius 2 is 1.62 bits per heavy atom. The smallest absolute Gasteiger partial charge is 0.243 e. The van der Waals surface area contributed by atoms with Crippen LogP contribution in [0.3, 0.4) is 0 Å². The standard InChI is InChI=1S/C24H29Cl3N2O2S/c1-5-21(23(31)28-24(2,3)4)29(13-18-19(26)7-6-8-20(18)27)22(30)15-32-14-16-9-11-17(25)12-10-16/h6-12,21H,5,13-15H2,1-4H3,(H,28,31)/t21-/m1/s1. The van der Waals surface area contributed by atoms with Crippen LogP contribution in [0.2, 0.25) is 15.1 Å². The lowest BCUT2D eigenvalue weighted by Gasteiger charge is -2.33. The molecule has 1 N–H and O–H groups in total. The van der Waals surface area contributed by atoms with Gasteiger partial charge in [-0.3, -0.25) is 9.59 Å². The summed E-state index contributed by atoms with van der Waals surface area (Å²) in [6, 6.07) is 12.1. The van der Waals surface area contributed by atoms with E-state index in [1.165, 1.54) is 11.8 Å². The number of amides is 2. The van der Waals surface area contributed by atoms with Crippen LogP contribution >= 0.6 is 46.6 Å². The summed E-state index contributed by atoms with van der Waals surface area (Å²) in [7, 11) is 0. The van der Waals surface area contributed by atoms with Gasteiger partial charge in [-0.2, -0.15) is 0 Å². The largest absolute Gasteiger partial charge is 0.350 e. The normalized spacial score (nSPS) is 12.3. The van der Waals surface area contributed by atoms with Crippen molar-refractivity contribution in [3.05, 3.63) is 68.7 Å². The molecule has 0 fully saturated rings. The van der Waals surface area contributed by atoms with Crippen LogP contribution in [0.5, 0.6) is 0 Å². The Labute approximate surface area is 210 Å². The van der Waals surface area contributed by atoms with Gasteiger partial charge in [0.1, 0.15) is 6.04 Å². The molecule has 8 heteroatoms. The highest BCUT2D eigenvalue weighted by Gasteiger charge is 2.31. The summed E-state index contributed by atoms with van der Waals surface area (Å²) in [6.45, 7) is 7.79. The molecule has 2 aromatic rings. The second-order valence-corrected chi connectivity index (χ2v) is 10.7. The van der Waals surface area contributed by atoms with E-state index in [-0.39, 0.29) is 24.1 Å². The van der Waals surface area contributed by atoms with Crippen molar-refractivity contribution in [1.29, 1.82) is 0 Å². The average molecular weight is 516 g/mol. The zero-order chi connectivity index (χ0) is 23.9. The zero-order valence-electron chi connectivity index (χ0n) is 18.8. The topological polar surface area (TPSA) is 49.4 Å². The maximum atomic E-state index is 13.3. The first kappa shape index (κ1) is 26.8. The fourth-order valence-electron chi connectivity index (χ4n) is 3.15. The minimum atomic E-state index is -0.634. The van der Waals surface area contributed by atoms with E-state index in [9.17, 15) is 9.59 Å². The summed E-state index contributed by atoms with van der Waals surface area (Å²) in [5, 5.41) is 4.60. The minimum Gasteiger partial charge on any atom is -0.350 e. The molecule has 0 saturated heterocycles. The minimum absolute atomic E-state index is 0.143. The van der Waals surface area contributed by atoms with Crippen molar-refractivity contribution in [1.82, 2.24) is 10.2 Å². The lowest BCUT2D eigenvalue weighted by Crippen LogP contribution is -2.53. The van der Waals surface area contributed by atoms with Gasteiger partial charge in [0.15, 0.2) is 0 Å². The Balaban J connectivity index is 2.22. The highest BCUT2D eigenvalue weighted by atomic mass is 35.5. The highest BCUT2D eigenvalue weighted by Crippen LogP contribution is 2.27. The maximum Gasteiger partial charge on any atom is 0.243 e. The molecule has 0 spiro atoms. The van der Waals surface area contributed by atoms with Crippen molar-refractivity contribution in [3.8, 4) is 0 Å². The predicted octanol–water partition coefficient (Wildman–Crippen LogP) is 6.60. The van der Waals surface area contributed by atoms with Gasteiger partial charge < -0.3 is 10.2 Å². The predicted molar refractivity (Wildman–Crippen MR) is 137 cm³/mol. The number of hydrogen-bond donors (Lipinski definition) is 1. The highest BCUT2D eigenvalue weighted by molar-refractivity contribution is 7.99. The Kier molecular flexibility index (Phi) is 10.2. The third kappa shape index (κ3) is 8.18. The third-order valence-corrected chi connectivity index (χ3v) is 6.63. The van der Waals surface area contributed by atoms with Crippen molar-refractivity contribution in [2.24, 2.45) is 0 Å². The molecule has 0 aromatic heterocycles. The lowest BCUT2D eigenvalue weighted by molar-refractivity contribution is -0.140. The van der Waals surface area contributed by atoms with E-state index in [4.69, 9.17) is 34.8 Å². The monoisotopic (exact) mass is 514 g/mol.